The van der Waals surface area contributed by atoms with Gasteiger partial charge >= 0.3 is 0 Å². The Morgan fingerprint density at radius 1 is 1.18 bits per heavy atom. The summed E-state index contributed by atoms with van der Waals surface area (Å²) >= 11 is 0. The minimum absolute atomic E-state index is 0.976. The van der Waals surface area contributed by atoms with E-state index < -0.39 is 0 Å². The van der Waals surface area contributed by atoms with Gasteiger partial charge in [0.25, 0.3) is 0 Å². The molecule has 0 atom stereocenters. The number of piperazine rings is 1. The van der Waals surface area contributed by atoms with Crippen LogP contribution < -0.4 is 5.43 Å². The van der Waals surface area contributed by atoms with Crippen molar-refractivity contribution >= 4 is 11.5 Å². The molecule has 0 unspecified atom stereocenters. The fraction of sp³-hybridized carbons (Fsp3) is 0.417. The summed E-state index contributed by atoms with van der Waals surface area (Å²) in [5, 5.41) is 2.26. The third-order valence-electron chi connectivity index (χ3n) is 3.20. The zero-order valence-electron chi connectivity index (χ0n) is 10.0. The number of imidazole rings is 1. The minimum Gasteiger partial charge on any atom is -0.304 e. The van der Waals surface area contributed by atoms with Crippen LogP contribution in [0.3, 0.4) is 0 Å². The largest absolute Gasteiger partial charge is 0.304 e. The fourth-order valence-electron chi connectivity index (χ4n) is 2.12. The lowest BCUT2D eigenvalue weighted by Crippen LogP contribution is -2.47. The number of hydrogen-bond donors (Lipinski definition) is 1. The van der Waals surface area contributed by atoms with E-state index in [1.807, 2.05) is 24.5 Å². The lowest BCUT2D eigenvalue weighted by Gasteiger charge is -2.33. The van der Waals surface area contributed by atoms with E-state index in [4.69, 9.17) is 0 Å². The smallest absolute Gasteiger partial charge is 0.138 e. The third kappa shape index (κ3) is 2.11. The van der Waals surface area contributed by atoms with E-state index >= 15 is 0 Å². The maximum absolute atomic E-state index is 4.28. The van der Waals surface area contributed by atoms with E-state index in [1.54, 1.807) is 0 Å². The predicted molar refractivity (Wildman–Crippen MR) is 67.9 cm³/mol. The highest BCUT2D eigenvalue weighted by Gasteiger charge is 2.14. The van der Waals surface area contributed by atoms with Gasteiger partial charge in [0.2, 0.25) is 0 Å². The lowest BCUT2D eigenvalue weighted by atomic mass is 10.4. The molecular formula is C12H17N5. The van der Waals surface area contributed by atoms with Gasteiger partial charge in [0.15, 0.2) is 0 Å². The van der Waals surface area contributed by atoms with E-state index in [1.165, 1.54) is 0 Å². The molecule has 0 spiro atoms. The van der Waals surface area contributed by atoms with Gasteiger partial charge in [-0.1, -0.05) is 6.07 Å². The number of likely N-dealkylation sites (N-methyl/N-ethyl adjacent to an activating group) is 1. The molecule has 17 heavy (non-hydrogen) atoms. The summed E-state index contributed by atoms with van der Waals surface area (Å²) in [5.74, 6) is 1.07. The Labute approximate surface area is 101 Å². The van der Waals surface area contributed by atoms with E-state index in [-0.39, 0.29) is 0 Å². The maximum Gasteiger partial charge on any atom is 0.138 e. The molecule has 2 aromatic heterocycles. The third-order valence-corrected chi connectivity index (χ3v) is 3.20. The summed E-state index contributed by atoms with van der Waals surface area (Å²) in [4.78, 5) is 6.62. The highest BCUT2D eigenvalue weighted by molar-refractivity contribution is 5.49. The van der Waals surface area contributed by atoms with Crippen LogP contribution in [-0.4, -0.2) is 52.5 Å². The van der Waals surface area contributed by atoms with Crippen molar-refractivity contribution in [1.29, 1.82) is 0 Å². The first-order chi connectivity index (χ1) is 8.33. The molecule has 3 rings (SSSR count). The second kappa shape index (κ2) is 4.35. The SMILES string of the molecule is CN1CCN(Nc2cccc3nccn23)CC1. The van der Waals surface area contributed by atoms with Gasteiger partial charge in [-0.05, 0) is 19.2 Å². The lowest BCUT2D eigenvalue weighted by molar-refractivity contribution is 0.178. The summed E-state index contributed by atoms with van der Waals surface area (Å²) in [6.07, 6.45) is 3.80. The zero-order chi connectivity index (χ0) is 11.7. The normalized spacial score (nSPS) is 18.6. The molecular weight excluding hydrogens is 214 g/mol. The average molecular weight is 231 g/mol. The number of nitrogens with zero attached hydrogens (tertiary/aromatic N) is 4. The first-order valence-corrected chi connectivity index (χ1v) is 5.95. The first kappa shape index (κ1) is 10.6. The van der Waals surface area contributed by atoms with E-state index in [0.717, 1.165) is 37.6 Å². The van der Waals surface area contributed by atoms with Gasteiger partial charge in [-0.25, -0.2) is 9.99 Å². The number of fused-ring (bicyclic) bond motifs is 1. The Bertz CT molecular complexity index is 498. The Kier molecular flexibility index (Phi) is 2.70. The van der Waals surface area contributed by atoms with Gasteiger partial charge in [-0.2, -0.15) is 0 Å². The predicted octanol–water partition coefficient (Wildman–Crippen LogP) is 0.909. The molecule has 0 radical (unpaired) electrons. The molecule has 1 saturated heterocycles. The molecule has 2 aromatic rings. The topological polar surface area (TPSA) is 35.8 Å². The maximum atomic E-state index is 4.28. The van der Waals surface area contributed by atoms with E-state index in [0.29, 0.717) is 0 Å². The highest BCUT2D eigenvalue weighted by Crippen LogP contribution is 2.12. The van der Waals surface area contributed by atoms with Crippen LogP contribution in [0.5, 0.6) is 0 Å². The average Bonchev–Trinajstić information content (AvgIpc) is 2.81. The molecule has 0 saturated carbocycles. The van der Waals surface area contributed by atoms with Crippen LogP contribution in [0.15, 0.2) is 30.6 Å². The van der Waals surface area contributed by atoms with E-state index in [9.17, 15) is 0 Å². The van der Waals surface area contributed by atoms with Crippen molar-refractivity contribution in [3.8, 4) is 0 Å². The van der Waals surface area contributed by atoms with Crippen molar-refractivity contribution in [3.63, 3.8) is 0 Å². The number of nitrogens with one attached hydrogen (secondary N) is 1. The van der Waals surface area contributed by atoms with Crippen LogP contribution in [0, 0.1) is 0 Å². The van der Waals surface area contributed by atoms with Crippen LogP contribution in [0.25, 0.3) is 5.65 Å². The minimum atomic E-state index is 0.976. The van der Waals surface area contributed by atoms with Crippen LogP contribution in [0.1, 0.15) is 0 Å². The van der Waals surface area contributed by atoms with Crippen molar-refractivity contribution in [2.24, 2.45) is 0 Å². The summed E-state index contributed by atoms with van der Waals surface area (Å²) in [7, 11) is 2.16. The summed E-state index contributed by atoms with van der Waals surface area (Å²) < 4.78 is 2.07. The number of anilines is 1. The molecule has 90 valence electrons. The Balaban J connectivity index is 1.78. The fourth-order valence-corrected chi connectivity index (χ4v) is 2.12. The first-order valence-electron chi connectivity index (χ1n) is 5.95. The van der Waals surface area contributed by atoms with Gasteiger partial charge in [-0.15, -0.1) is 0 Å². The summed E-state index contributed by atoms with van der Waals surface area (Å²) in [5.41, 5.74) is 4.44. The molecule has 1 aliphatic rings. The Hall–Kier alpha value is -1.59. The molecule has 5 heteroatoms. The molecule has 1 fully saturated rings. The van der Waals surface area contributed by atoms with Crippen LogP contribution in [0.2, 0.25) is 0 Å². The number of aromatic nitrogens is 2. The Morgan fingerprint density at radius 3 is 2.82 bits per heavy atom. The second-order valence-corrected chi connectivity index (χ2v) is 4.47. The van der Waals surface area contributed by atoms with Crippen molar-refractivity contribution in [2.75, 3.05) is 38.7 Å². The number of hydrogen-bond acceptors (Lipinski definition) is 4. The molecule has 3 heterocycles. The number of pyridine rings is 1. The van der Waals surface area contributed by atoms with Gasteiger partial charge in [-0.3, -0.25) is 4.40 Å². The molecule has 0 amide bonds. The van der Waals surface area contributed by atoms with Gasteiger partial charge in [0.05, 0.1) is 0 Å². The second-order valence-electron chi connectivity index (χ2n) is 4.47. The standard InChI is InChI=1S/C12H17N5/c1-15-7-9-16(10-8-15)14-12-4-2-3-11-13-5-6-17(11)12/h2-6,14H,7-10H2,1H3. The molecule has 1 N–H and O–H groups in total. The van der Waals surface area contributed by atoms with Gasteiger partial charge in [0, 0.05) is 38.6 Å². The Morgan fingerprint density at radius 2 is 2.00 bits per heavy atom. The van der Waals surface area contributed by atoms with Crippen LogP contribution >= 0.6 is 0 Å². The number of hydrazine groups is 1. The molecule has 0 bridgehead atoms. The number of rotatable bonds is 2. The molecule has 1 aliphatic heterocycles. The van der Waals surface area contributed by atoms with Gasteiger partial charge < -0.3 is 10.3 Å². The highest BCUT2D eigenvalue weighted by atomic mass is 15.5. The van der Waals surface area contributed by atoms with Crippen molar-refractivity contribution < 1.29 is 0 Å². The molecule has 0 aromatic carbocycles. The van der Waals surface area contributed by atoms with Crippen molar-refractivity contribution in [3.05, 3.63) is 30.6 Å². The zero-order valence-corrected chi connectivity index (χ0v) is 10.0. The monoisotopic (exact) mass is 231 g/mol. The quantitative estimate of drug-likeness (QED) is 0.833. The van der Waals surface area contributed by atoms with Crippen molar-refractivity contribution in [2.45, 2.75) is 0 Å². The summed E-state index contributed by atoms with van der Waals surface area (Å²) in [6, 6.07) is 6.11. The molecule has 0 aliphatic carbocycles. The van der Waals surface area contributed by atoms with Crippen LogP contribution in [-0.2, 0) is 0 Å². The van der Waals surface area contributed by atoms with Gasteiger partial charge in [0.1, 0.15) is 11.5 Å². The van der Waals surface area contributed by atoms with Crippen molar-refractivity contribution in [1.82, 2.24) is 19.3 Å². The van der Waals surface area contributed by atoms with Crippen LogP contribution in [0.4, 0.5) is 5.82 Å². The summed E-state index contributed by atoms with van der Waals surface area (Å²) in [6.45, 7) is 4.29. The molecule has 5 nitrogen and oxygen atoms in total. The van der Waals surface area contributed by atoms with E-state index in [2.05, 4.69) is 37.8 Å².